The highest BCUT2D eigenvalue weighted by Gasteiger charge is 2.37. The van der Waals surface area contributed by atoms with Gasteiger partial charge in [0.15, 0.2) is 0 Å². The Balaban J connectivity index is 1.67. The number of fused-ring (bicyclic) bond motifs is 1. The van der Waals surface area contributed by atoms with Crippen LogP contribution in [0.3, 0.4) is 0 Å². The highest BCUT2D eigenvalue weighted by Crippen LogP contribution is 2.37. The molecule has 1 aliphatic carbocycles. The number of unbranched alkanes of at least 4 members (excludes halogenated alkanes) is 1. The zero-order valence-corrected chi connectivity index (χ0v) is 19.7. The number of aliphatic hydroxyl groups is 1. The molecular weight excluding hydrogens is 433 g/mol. The van der Waals surface area contributed by atoms with Crippen LogP contribution in [0.2, 0.25) is 0 Å². The van der Waals surface area contributed by atoms with Gasteiger partial charge < -0.3 is 15.3 Å². The van der Waals surface area contributed by atoms with E-state index in [4.69, 9.17) is 0 Å². The van der Waals surface area contributed by atoms with E-state index >= 15 is 0 Å². The van der Waals surface area contributed by atoms with Gasteiger partial charge in [-0.2, -0.15) is 0 Å². The van der Waals surface area contributed by atoms with Gasteiger partial charge >= 0.3 is 0 Å². The molecule has 7 heteroatoms. The molecule has 0 radical (unpaired) electrons. The van der Waals surface area contributed by atoms with Crippen molar-refractivity contribution in [3.63, 3.8) is 0 Å². The third-order valence-electron chi connectivity index (χ3n) is 6.68. The summed E-state index contributed by atoms with van der Waals surface area (Å²) in [5, 5.41) is 13.6. The van der Waals surface area contributed by atoms with Crippen LogP contribution in [-0.4, -0.2) is 41.9 Å². The number of para-hydroxylation sites is 1. The lowest BCUT2D eigenvalue weighted by Crippen LogP contribution is -2.49. The number of hydrogen-bond donors (Lipinski definition) is 2. The van der Waals surface area contributed by atoms with Gasteiger partial charge in [-0.25, -0.2) is 9.38 Å². The van der Waals surface area contributed by atoms with Crippen molar-refractivity contribution >= 4 is 23.2 Å². The normalized spacial score (nSPS) is 19.6. The van der Waals surface area contributed by atoms with Gasteiger partial charge in [0.05, 0.1) is 23.4 Å². The van der Waals surface area contributed by atoms with Gasteiger partial charge in [0.1, 0.15) is 5.82 Å². The van der Waals surface area contributed by atoms with E-state index in [0.29, 0.717) is 35.7 Å². The number of amides is 2. The summed E-state index contributed by atoms with van der Waals surface area (Å²) in [5.41, 5.74) is 2.53. The molecular formula is C27H32FN3O3. The lowest BCUT2D eigenvalue weighted by molar-refractivity contribution is -0.133. The van der Waals surface area contributed by atoms with E-state index in [-0.39, 0.29) is 17.6 Å². The first kappa shape index (κ1) is 24.1. The van der Waals surface area contributed by atoms with Gasteiger partial charge in [-0.15, -0.1) is 0 Å². The molecule has 1 heterocycles. The van der Waals surface area contributed by atoms with Gasteiger partial charge in [-0.05, 0) is 49.1 Å². The maximum absolute atomic E-state index is 13.6. The molecule has 1 fully saturated rings. The van der Waals surface area contributed by atoms with E-state index in [2.05, 4.69) is 10.3 Å². The Morgan fingerprint density at radius 3 is 2.59 bits per heavy atom. The molecule has 6 nitrogen and oxygen atoms in total. The number of anilines is 1. The van der Waals surface area contributed by atoms with Crippen LogP contribution in [0.4, 0.5) is 10.1 Å². The Hall–Kier alpha value is -3.06. The molecule has 1 saturated carbocycles. The Labute approximate surface area is 199 Å². The highest BCUT2D eigenvalue weighted by atomic mass is 19.1. The number of rotatable bonds is 9. The molecule has 1 aliphatic heterocycles. The number of nitrogens with one attached hydrogen (secondary N) is 1. The van der Waals surface area contributed by atoms with Crippen molar-refractivity contribution in [3.8, 4) is 0 Å². The van der Waals surface area contributed by atoms with Crippen molar-refractivity contribution < 1.29 is 19.1 Å². The molecule has 0 bridgehead atoms. The largest absolute Gasteiger partial charge is 0.392 e. The minimum Gasteiger partial charge on any atom is -0.392 e. The number of benzene rings is 2. The monoisotopic (exact) mass is 465 g/mol. The van der Waals surface area contributed by atoms with E-state index < -0.39 is 18.2 Å². The number of aliphatic imine (C=N–C) groups is 1. The van der Waals surface area contributed by atoms with Gasteiger partial charge in [0.2, 0.25) is 12.1 Å². The van der Waals surface area contributed by atoms with Crippen molar-refractivity contribution in [2.45, 2.75) is 57.7 Å². The number of carbonyl (C=O) groups excluding carboxylic acids is 2. The molecule has 2 amide bonds. The van der Waals surface area contributed by atoms with Crippen LogP contribution in [0.1, 0.15) is 56.6 Å². The SMILES string of the molecule is CCCCC(O)C(CC1CC1)C(=O)NC1N=C(c2ccc(F)cc2)c2ccccc2N(C)C1=O. The van der Waals surface area contributed by atoms with E-state index in [9.17, 15) is 19.1 Å². The Morgan fingerprint density at radius 1 is 1.21 bits per heavy atom. The number of aliphatic hydroxyl groups excluding tert-OH is 1. The average molecular weight is 466 g/mol. The summed E-state index contributed by atoms with van der Waals surface area (Å²) in [4.78, 5) is 32.9. The van der Waals surface area contributed by atoms with Crippen molar-refractivity contribution in [1.29, 1.82) is 0 Å². The van der Waals surface area contributed by atoms with Gasteiger partial charge in [0.25, 0.3) is 5.91 Å². The van der Waals surface area contributed by atoms with Crippen molar-refractivity contribution in [2.24, 2.45) is 16.8 Å². The van der Waals surface area contributed by atoms with Gasteiger partial charge in [-0.3, -0.25) is 9.59 Å². The quantitative estimate of drug-likeness (QED) is 0.586. The third-order valence-corrected chi connectivity index (χ3v) is 6.68. The number of nitrogens with zero attached hydrogens (tertiary/aromatic N) is 2. The first-order valence-corrected chi connectivity index (χ1v) is 12.1. The molecule has 2 aromatic carbocycles. The third kappa shape index (κ3) is 5.36. The summed E-state index contributed by atoms with van der Waals surface area (Å²) >= 11 is 0. The molecule has 180 valence electrons. The van der Waals surface area contributed by atoms with Crippen LogP contribution in [0.15, 0.2) is 53.5 Å². The van der Waals surface area contributed by atoms with Crippen LogP contribution >= 0.6 is 0 Å². The topological polar surface area (TPSA) is 82.0 Å². The number of carbonyl (C=O) groups is 2. The molecule has 3 atom stereocenters. The second kappa shape index (κ2) is 10.5. The first-order valence-electron chi connectivity index (χ1n) is 12.1. The van der Waals surface area contributed by atoms with Crippen LogP contribution in [0.25, 0.3) is 0 Å². The Bertz CT molecular complexity index is 1070. The van der Waals surface area contributed by atoms with Crippen LogP contribution in [0.5, 0.6) is 0 Å². The van der Waals surface area contributed by atoms with Gasteiger partial charge in [-0.1, -0.05) is 50.8 Å². The fourth-order valence-corrected chi connectivity index (χ4v) is 4.46. The summed E-state index contributed by atoms with van der Waals surface area (Å²) in [6.45, 7) is 2.05. The van der Waals surface area contributed by atoms with Crippen molar-refractivity contribution in [1.82, 2.24) is 5.32 Å². The number of halogens is 1. The molecule has 0 spiro atoms. The smallest absolute Gasteiger partial charge is 0.272 e. The van der Waals surface area contributed by atoms with Crippen LogP contribution < -0.4 is 10.2 Å². The van der Waals surface area contributed by atoms with Crippen LogP contribution in [0, 0.1) is 17.7 Å². The Kier molecular flexibility index (Phi) is 7.41. The van der Waals surface area contributed by atoms with Crippen LogP contribution in [-0.2, 0) is 9.59 Å². The van der Waals surface area contributed by atoms with Crippen molar-refractivity contribution in [3.05, 3.63) is 65.5 Å². The Morgan fingerprint density at radius 2 is 1.91 bits per heavy atom. The second-order valence-electron chi connectivity index (χ2n) is 9.31. The highest BCUT2D eigenvalue weighted by molar-refractivity contribution is 6.20. The fraction of sp³-hybridized carbons (Fsp3) is 0.444. The number of likely N-dealkylation sites (N-methyl/N-ethyl adjacent to an activating group) is 1. The summed E-state index contributed by atoms with van der Waals surface area (Å²) < 4.78 is 13.6. The minimum absolute atomic E-state index is 0.351. The molecule has 4 rings (SSSR count). The van der Waals surface area contributed by atoms with Gasteiger partial charge in [0, 0.05) is 18.2 Å². The van der Waals surface area contributed by atoms with E-state index in [0.717, 1.165) is 31.2 Å². The average Bonchev–Trinajstić information content (AvgIpc) is 3.68. The summed E-state index contributed by atoms with van der Waals surface area (Å²) in [6.07, 6.45) is 3.17. The van der Waals surface area contributed by atoms with E-state index in [1.165, 1.54) is 17.0 Å². The second-order valence-corrected chi connectivity index (χ2v) is 9.31. The first-order chi connectivity index (χ1) is 16.4. The minimum atomic E-state index is -1.15. The molecule has 2 N–H and O–H groups in total. The lowest BCUT2D eigenvalue weighted by Gasteiger charge is -2.25. The number of benzodiazepines with no additional fused rings is 1. The molecule has 0 aromatic heterocycles. The van der Waals surface area contributed by atoms with E-state index in [1.54, 1.807) is 19.2 Å². The summed E-state index contributed by atoms with van der Waals surface area (Å²) in [7, 11) is 1.65. The molecule has 2 aliphatic rings. The predicted octanol–water partition coefficient (Wildman–Crippen LogP) is 4.05. The standard InChI is InChI=1S/C27H32FN3O3/c1-3-4-9-23(32)21(16-17-10-11-17)26(33)30-25-27(34)31(2)22-8-6-5-7-20(22)24(29-25)18-12-14-19(28)15-13-18/h5-8,12-15,17,21,23,25,32H,3-4,9-11,16H2,1-2H3,(H,30,33). The maximum atomic E-state index is 13.6. The predicted molar refractivity (Wildman–Crippen MR) is 130 cm³/mol. The van der Waals surface area contributed by atoms with Crippen molar-refractivity contribution in [2.75, 3.05) is 11.9 Å². The summed E-state index contributed by atoms with van der Waals surface area (Å²) in [5.74, 6) is -1.22. The maximum Gasteiger partial charge on any atom is 0.272 e. The zero-order chi connectivity index (χ0) is 24.2. The molecule has 0 saturated heterocycles. The number of hydrogen-bond acceptors (Lipinski definition) is 4. The molecule has 2 aromatic rings. The lowest BCUT2D eigenvalue weighted by atomic mass is 9.91. The zero-order valence-electron chi connectivity index (χ0n) is 19.7. The fourth-order valence-electron chi connectivity index (χ4n) is 4.46. The molecule has 3 unspecified atom stereocenters. The van der Waals surface area contributed by atoms with E-state index in [1.807, 2.05) is 31.2 Å². The molecule has 34 heavy (non-hydrogen) atoms. The summed E-state index contributed by atoms with van der Waals surface area (Å²) in [6, 6.07) is 13.3.